The number of nitrogens with one attached hydrogen (secondary N) is 1. The lowest BCUT2D eigenvalue weighted by Crippen LogP contribution is -2.16. The standard InChI is InChI=1S/C14H10BrF2NO/c1-8-7-9(15)5-6-12(8)18-14(19)13-10(16)3-2-4-11(13)17/h2-7H,1H3,(H,18,19). The Morgan fingerprint density at radius 1 is 1.16 bits per heavy atom. The molecule has 0 aliphatic heterocycles. The highest BCUT2D eigenvalue weighted by Crippen LogP contribution is 2.21. The lowest BCUT2D eigenvalue weighted by Gasteiger charge is -2.09. The van der Waals surface area contributed by atoms with Crippen molar-refractivity contribution in [2.75, 3.05) is 5.32 Å². The van der Waals surface area contributed by atoms with Crippen molar-refractivity contribution >= 4 is 27.5 Å². The molecule has 1 amide bonds. The van der Waals surface area contributed by atoms with Crippen LogP contribution in [0.4, 0.5) is 14.5 Å². The Kier molecular flexibility index (Phi) is 3.95. The van der Waals surface area contributed by atoms with Crippen LogP contribution in [0.15, 0.2) is 40.9 Å². The molecule has 0 heterocycles. The van der Waals surface area contributed by atoms with Gasteiger partial charge >= 0.3 is 0 Å². The van der Waals surface area contributed by atoms with Crippen LogP contribution in [-0.4, -0.2) is 5.91 Å². The second kappa shape index (κ2) is 5.48. The normalized spacial score (nSPS) is 10.3. The topological polar surface area (TPSA) is 29.1 Å². The minimum Gasteiger partial charge on any atom is -0.322 e. The van der Waals surface area contributed by atoms with E-state index in [0.29, 0.717) is 5.69 Å². The van der Waals surface area contributed by atoms with E-state index >= 15 is 0 Å². The van der Waals surface area contributed by atoms with E-state index in [9.17, 15) is 13.6 Å². The van der Waals surface area contributed by atoms with Gasteiger partial charge in [-0.25, -0.2) is 8.78 Å². The third-order valence-electron chi connectivity index (χ3n) is 2.63. The summed E-state index contributed by atoms with van der Waals surface area (Å²) >= 11 is 3.30. The summed E-state index contributed by atoms with van der Waals surface area (Å²) in [6.45, 7) is 1.79. The molecule has 0 spiro atoms. The zero-order valence-corrected chi connectivity index (χ0v) is 11.6. The number of rotatable bonds is 2. The highest BCUT2D eigenvalue weighted by molar-refractivity contribution is 9.10. The fourth-order valence-corrected chi connectivity index (χ4v) is 2.14. The van der Waals surface area contributed by atoms with Crippen LogP contribution < -0.4 is 5.32 Å². The van der Waals surface area contributed by atoms with Crippen LogP contribution in [0.2, 0.25) is 0 Å². The summed E-state index contributed by atoms with van der Waals surface area (Å²) < 4.78 is 27.8. The first-order valence-corrected chi connectivity index (χ1v) is 6.30. The van der Waals surface area contributed by atoms with Gasteiger partial charge in [0.05, 0.1) is 0 Å². The van der Waals surface area contributed by atoms with E-state index < -0.39 is 23.1 Å². The van der Waals surface area contributed by atoms with E-state index in [1.165, 1.54) is 6.07 Å². The molecule has 19 heavy (non-hydrogen) atoms. The number of aryl methyl sites for hydroxylation is 1. The van der Waals surface area contributed by atoms with Crippen molar-refractivity contribution in [2.24, 2.45) is 0 Å². The largest absolute Gasteiger partial charge is 0.322 e. The van der Waals surface area contributed by atoms with Crippen LogP contribution in [0.5, 0.6) is 0 Å². The molecule has 2 aromatic rings. The zero-order valence-electron chi connectivity index (χ0n) is 10.0. The molecule has 0 radical (unpaired) electrons. The number of hydrogen-bond donors (Lipinski definition) is 1. The van der Waals surface area contributed by atoms with E-state index in [1.807, 2.05) is 0 Å². The molecule has 0 saturated carbocycles. The Morgan fingerprint density at radius 2 is 1.79 bits per heavy atom. The van der Waals surface area contributed by atoms with Gasteiger partial charge in [-0.15, -0.1) is 0 Å². The van der Waals surface area contributed by atoms with Crippen LogP contribution >= 0.6 is 15.9 Å². The van der Waals surface area contributed by atoms with Crippen LogP contribution in [0.25, 0.3) is 0 Å². The van der Waals surface area contributed by atoms with Gasteiger partial charge in [-0.05, 0) is 42.8 Å². The van der Waals surface area contributed by atoms with E-state index in [0.717, 1.165) is 22.2 Å². The molecular weight excluding hydrogens is 316 g/mol. The molecule has 2 aromatic carbocycles. The van der Waals surface area contributed by atoms with E-state index in [2.05, 4.69) is 21.2 Å². The fourth-order valence-electron chi connectivity index (χ4n) is 1.67. The Bertz CT molecular complexity index is 623. The first-order valence-electron chi connectivity index (χ1n) is 5.50. The Hall–Kier alpha value is -1.75. The molecule has 0 aliphatic rings. The third-order valence-corrected chi connectivity index (χ3v) is 3.12. The summed E-state index contributed by atoms with van der Waals surface area (Å²) in [5, 5.41) is 2.50. The minimum atomic E-state index is -0.882. The molecule has 2 rings (SSSR count). The van der Waals surface area contributed by atoms with Gasteiger partial charge in [0.1, 0.15) is 17.2 Å². The second-order valence-electron chi connectivity index (χ2n) is 4.01. The van der Waals surface area contributed by atoms with Crippen molar-refractivity contribution in [1.82, 2.24) is 0 Å². The number of carbonyl (C=O) groups excluding carboxylic acids is 1. The van der Waals surface area contributed by atoms with Gasteiger partial charge in [-0.3, -0.25) is 4.79 Å². The first kappa shape index (κ1) is 13.7. The average Bonchev–Trinajstić information content (AvgIpc) is 2.32. The Balaban J connectivity index is 2.31. The van der Waals surface area contributed by atoms with E-state index in [4.69, 9.17) is 0 Å². The quantitative estimate of drug-likeness (QED) is 0.876. The maximum atomic E-state index is 13.5. The zero-order chi connectivity index (χ0) is 14.0. The fraction of sp³-hybridized carbons (Fsp3) is 0.0714. The molecule has 0 unspecified atom stereocenters. The van der Waals surface area contributed by atoms with Crippen molar-refractivity contribution in [3.8, 4) is 0 Å². The van der Waals surface area contributed by atoms with Gasteiger partial charge in [-0.1, -0.05) is 22.0 Å². The Morgan fingerprint density at radius 3 is 2.37 bits per heavy atom. The Labute approximate surface area is 117 Å². The summed E-state index contributed by atoms with van der Waals surface area (Å²) in [7, 11) is 0. The van der Waals surface area contributed by atoms with Crippen molar-refractivity contribution in [3.05, 3.63) is 63.6 Å². The first-order chi connectivity index (χ1) is 8.99. The summed E-state index contributed by atoms with van der Waals surface area (Å²) in [5.41, 5.74) is 0.722. The van der Waals surface area contributed by atoms with E-state index in [1.54, 1.807) is 25.1 Å². The lowest BCUT2D eigenvalue weighted by atomic mass is 10.1. The number of benzene rings is 2. The van der Waals surface area contributed by atoms with Crippen LogP contribution in [0.1, 0.15) is 15.9 Å². The second-order valence-corrected chi connectivity index (χ2v) is 4.93. The average molecular weight is 326 g/mol. The summed E-state index contributed by atoms with van der Waals surface area (Å²) in [6, 6.07) is 8.51. The molecule has 0 saturated heterocycles. The van der Waals surface area contributed by atoms with Gasteiger partial charge in [0.2, 0.25) is 0 Å². The number of hydrogen-bond acceptors (Lipinski definition) is 1. The maximum Gasteiger partial charge on any atom is 0.261 e. The molecule has 0 atom stereocenters. The maximum absolute atomic E-state index is 13.5. The molecule has 5 heteroatoms. The molecule has 98 valence electrons. The minimum absolute atomic E-state index is 0.510. The molecule has 2 nitrogen and oxygen atoms in total. The van der Waals surface area contributed by atoms with Crippen molar-refractivity contribution in [1.29, 1.82) is 0 Å². The molecule has 0 bridgehead atoms. The number of halogens is 3. The highest BCUT2D eigenvalue weighted by atomic mass is 79.9. The summed E-state index contributed by atoms with van der Waals surface area (Å²) in [4.78, 5) is 11.9. The number of carbonyl (C=O) groups is 1. The summed E-state index contributed by atoms with van der Waals surface area (Å²) in [5.74, 6) is -2.57. The third kappa shape index (κ3) is 2.98. The monoisotopic (exact) mass is 325 g/mol. The SMILES string of the molecule is Cc1cc(Br)ccc1NC(=O)c1c(F)cccc1F. The summed E-state index contributed by atoms with van der Waals surface area (Å²) in [6.07, 6.45) is 0. The number of amides is 1. The van der Waals surface area contributed by atoms with Gasteiger partial charge in [0.25, 0.3) is 5.91 Å². The van der Waals surface area contributed by atoms with Gasteiger partial charge in [-0.2, -0.15) is 0 Å². The smallest absolute Gasteiger partial charge is 0.261 e. The van der Waals surface area contributed by atoms with Crippen LogP contribution in [0, 0.1) is 18.6 Å². The molecule has 0 aliphatic carbocycles. The number of anilines is 1. The molecule has 1 N–H and O–H groups in total. The van der Waals surface area contributed by atoms with Crippen LogP contribution in [-0.2, 0) is 0 Å². The van der Waals surface area contributed by atoms with Gasteiger partial charge < -0.3 is 5.32 Å². The predicted octanol–water partition coefficient (Wildman–Crippen LogP) is 4.29. The molecular formula is C14H10BrF2NO. The molecule has 0 aromatic heterocycles. The van der Waals surface area contributed by atoms with Gasteiger partial charge in [0, 0.05) is 10.2 Å². The van der Waals surface area contributed by atoms with Crippen molar-refractivity contribution < 1.29 is 13.6 Å². The lowest BCUT2D eigenvalue weighted by molar-refractivity contribution is 0.101. The van der Waals surface area contributed by atoms with E-state index in [-0.39, 0.29) is 0 Å². The van der Waals surface area contributed by atoms with Gasteiger partial charge in [0.15, 0.2) is 0 Å². The van der Waals surface area contributed by atoms with Crippen LogP contribution in [0.3, 0.4) is 0 Å². The van der Waals surface area contributed by atoms with Crippen molar-refractivity contribution in [3.63, 3.8) is 0 Å². The van der Waals surface area contributed by atoms with Crippen molar-refractivity contribution in [2.45, 2.75) is 6.92 Å². The predicted molar refractivity (Wildman–Crippen MR) is 73.2 cm³/mol. The molecule has 0 fully saturated rings. The highest BCUT2D eigenvalue weighted by Gasteiger charge is 2.17.